The largest absolute Gasteiger partial charge is 0.421 e. The van der Waals surface area contributed by atoms with Crippen molar-refractivity contribution in [3.63, 3.8) is 0 Å². The molecule has 3 aromatic rings. The predicted octanol–water partition coefficient (Wildman–Crippen LogP) is 5.61. The lowest BCUT2D eigenvalue weighted by molar-refractivity contribution is -0.384. The number of amides is 4. The van der Waals surface area contributed by atoms with Crippen LogP contribution in [0, 0.1) is 13.7 Å². The van der Waals surface area contributed by atoms with E-state index in [1.54, 1.807) is 30.3 Å². The van der Waals surface area contributed by atoms with Gasteiger partial charge in [-0.3, -0.25) is 25.0 Å². The number of hydrogen-bond acceptors (Lipinski definition) is 7. The number of nitro groups is 1. The number of imide groups is 2. The normalized spacial score (nSPS) is 14.5. The molecule has 0 spiro atoms. The molecular formula is C24H12Br2IN3O7. The topological polar surface area (TPSA) is 136 Å². The van der Waals surface area contributed by atoms with E-state index in [1.165, 1.54) is 24.3 Å². The van der Waals surface area contributed by atoms with E-state index in [0.717, 1.165) is 20.6 Å². The maximum Gasteiger partial charge on any atom is 0.343 e. The van der Waals surface area contributed by atoms with Crippen molar-refractivity contribution in [2.45, 2.75) is 0 Å². The van der Waals surface area contributed by atoms with Gasteiger partial charge in [-0.1, -0.05) is 15.9 Å². The number of barbiturate groups is 1. The number of nitrogens with one attached hydrogen (secondary N) is 1. The van der Waals surface area contributed by atoms with Crippen LogP contribution in [-0.2, 0) is 9.59 Å². The summed E-state index contributed by atoms with van der Waals surface area (Å²) in [5, 5.41) is 13.0. The van der Waals surface area contributed by atoms with Crippen LogP contribution in [0.15, 0.2) is 75.2 Å². The summed E-state index contributed by atoms with van der Waals surface area (Å²) in [4.78, 5) is 62.2. The average molecular weight is 741 g/mol. The van der Waals surface area contributed by atoms with E-state index in [9.17, 15) is 29.3 Å². The summed E-state index contributed by atoms with van der Waals surface area (Å²) in [5.41, 5.74) is -0.0777. The van der Waals surface area contributed by atoms with E-state index in [4.69, 9.17) is 4.74 Å². The van der Waals surface area contributed by atoms with Gasteiger partial charge in [0, 0.05) is 25.7 Å². The first-order valence-electron chi connectivity index (χ1n) is 10.2. The maximum absolute atomic E-state index is 13.2. The highest BCUT2D eigenvalue weighted by molar-refractivity contribution is 14.1. The second-order valence-corrected chi connectivity index (χ2v) is 10.4. The minimum absolute atomic E-state index is 0.0163. The van der Waals surface area contributed by atoms with Crippen molar-refractivity contribution >= 4 is 95.7 Å². The third-order valence-electron chi connectivity index (χ3n) is 5.03. The van der Waals surface area contributed by atoms with E-state index in [0.29, 0.717) is 8.95 Å². The van der Waals surface area contributed by atoms with Crippen LogP contribution in [0.25, 0.3) is 6.08 Å². The van der Waals surface area contributed by atoms with Crippen molar-refractivity contribution in [1.29, 1.82) is 0 Å². The smallest absolute Gasteiger partial charge is 0.343 e. The number of urea groups is 1. The molecule has 1 saturated heterocycles. The lowest BCUT2D eigenvalue weighted by Gasteiger charge is -2.26. The zero-order chi connectivity index (χ0) is 26.9. The van der Waals surface area contributed by atoms with Crippen LogP contribution in [0.2, 0.25) is 0 Å². The highest BCUT2D eigenvalue weighted by atomic mass is 127. The number of benzene rings is 3. The van der Waals surface area contributed by atoms with Crippen molar-refractivity contribution in [1.82, 2.24) is 5.32 Å². The zero-order valence-electron chi connectivity index (χ0n) is 18.2. The maximum atomic E-state index is 13.2. The first kappa shape index (κ1) is 26.6. The Kier molecular flexibility index (Phi) is 7.85. The molecule has 0 unspecified atom stereocenters. The number of non-ortho nitro benzene ring substituents is 1. The van der Waals surface area contributed by atoms with E-state index >= 15 is 0 Å². The number of carbonyl (C=O) groups excluding carboxylic acids is 4. The van der Waals surface area contributed by atoms with Crippen LogP contribution >= 0.6 is 54.5 Å². The molecule has 186 valence electrons. The molecule has 37 heavy (non-hydrogen) atoms. The van der Waals surface area contributed by atoms with Crippen LogP contribution < -0.4 is 15.0 Å². The molecule has 1 aliphatic rings. The summed E-state index contributed by atoms with van der Waals surface area (Å²) in [7, 11) is 0. The fraction of sp³-hybridized carbons (Fsp3) is 0. The third-order valence-corrected chi connectivity index (χ3v) is 6.80. The van der Waals surface area contributed by atoms with Gasteiger partial charge in [-0.2, -0.15) is 0 Å². The summed E-state index contributed by atoms with van der Waals surface area (Å²) >= 11 is 8.72. The zero-order valence-corrected chi connectivity index (χ0v) is 23.6. The number of esters is 1. The quantitative estimate of drug-likeness (QED) is 0.0684. The Morgan fingerprint density at radius 3 is 2.30 bits per heavy atom. The molecule has 1 aliphatic heterocycles. The van der Waals surface area contributed by atoms with Gasteiger partial charge >= 0.3 is 12.0 Å². The number of rotatable bonds is 5. The second kappa shape index (κ2) is 10.9. The second-order valence-electron chi connectivity index (χ2n) is 7.43. The van der Waals surface area contributed by atoms with Gasteiger partial charge in [-0.05, 0) is 93.1 Å². The summed E-state index contributed by atoms with van der Waals surface area (Å²) in [6.45, 7) is 0. The molecule has 0 atom stereocenters. The summed E-state index contributed by atoms with van der Waals surface area (Å²) in [6.07, 6.45) is 1.21. The van der Waals surface area contributed by atoms with E-state index in [-0.39, 0.29) is 33.8 Å². The van der Waals surface area contributed by atoms with Gasteiger partial charge in [-0.15, -0.1) is 0 Å². The highest BCUT2D eigenvalue weighted by Gasteiger charge is 2.37. The Morgan fingerprint density at radius 1 is 1.03 bits per heavy atom. The molecule has 1 fully saturated rings. The molecule has 4 amide bonds. The number of hydrogen-bond donors (Lipinski definition) is 1. The molecular weight excluding hydrogens is 729 g/mol. The van der Waals surface area contributed by atoms with Crippen molar-refractivity contribution in [2.24, 2.45) is 0 Å². The molecule has 0 aliphatic carbocycles. The number of ether oxygens (including phenoxy) is 1. The predicted molar refractivity (Wildman–Crippen MR) is 148 cm³/mol. The van der Waals surface area contributed by atoms with Gasteiger partial charge in [-0.25, -0.2) is 14.5 Å². The molecule has 1 N–H and O–H groups in total. The monoisotopic (exact) mass is 739 g/mol. The number of nitrogens with zero attached hydrogens (tertiary/aromatic N) is 2. The molecule has 0 radical (unpaired) electrons. The lowest BCUT2D eigenvalue weighted by atomic mass is 10.1. The summed E-state index contributed by atoms with van der Waals surface area (Å²) in [5.74, 6) is -2.62. The van der Waals surface area contributed by atoms with Gasteiger partial charge in [0.2, 0.25) is 0 Å². The SMILES string of the molecule is O=C1NC(=O)N(c2ccc(I)cc2)C(=O)/C1=C\c1cc(Br)cc(Br)c1OC(=O)c1ccc([N+](=O)[O-])cc1. The van der Waals surface area contributed by atoms with Gasteiger partial charge in [0.1, 0.15) is 5.57 Å². The third kappa shape index (κ3) is 5.78. The van der Waals surface area contributed by atoms with E-state index in [1.807, 2.05) is 0 Å². The Hall–Kier alpha value is -3.43. The van der Waals surface area contributed by atoms with Gasteiger partial charge < -0.3 is 4.74 Å². The van der Waals surface area contributed by atoms with Crippen molar-refractivity contribution in [2.75, 3.05) is 4.90 Å². The number of nitro benzene ring substituents is 1. The minimum atomic E-state index is -0.916. The molecule has 0 bridgehead atoms. The number of anilines is 1. The number of carbonyl (C=O) groups is 4. The van der Waals surface area contributed by atoms with Crippen LogP contribution in [0.3, 0.4) is 0 Å². The van der Waals surface area contributed by atoms with Crippen LogP contribution in [-0.4, -0.2) is 28.7 Å². The van der Waals surface area contributed by atoms with Crippen LogP contribution in [0.5, 0.6) is 5.75 Å². The summed E-state index contributed by atoms with van der Waals surface area (Å²) in [6, 6.07) is 13.6. The molecule has 0 aromatic heterocycles. The first-order valence-corrected chi connectivity index (χ1v) is 12.8. The average Bonchev–Trinajstić information content (AvgIpc) is 2.84. The minimum Gasteiger partial charge on any atom is -0.421 e. The van der Waals surface area contributed by atoms with E-state index < -0.39 is 28.7 Å². The standard InChI is InChI=1S/C24H12Br2IN3O7/c25-14-9-13(20(19(26)11-14)37-23(33)12-1-5-17(6-2-12)30(35)36)10-18-21(31)28-24(34)29(22(18)32)16-7-3-15(27)4-8-16/h1-11H,(H,28,31,34)/b18-10-. The van der Waals surface area contributed by atoms with Crippen LogP contribution in [0.4, 0.5) is 16.2 Å². The summed E-state index contributed by atoms with van der Waals surface area (Å²) < 4.78 is 7.27. The Bertz CT molecular complexity index is 1510. The van der Waals surface area contributed by atoms with Gasteiger partial charge in [0.15, 0.2) is 5.75 Å². The van der Waals surface area contributed by atoms with Crippen molar-refractivity contribution in [3.8, 4) is 5.75 Å². The first-order chi connectivity index (χ1) is 17.5. The van der Waals surface area contributed by atoms with Crippen molar-refractivity contribution in [3.05, 3.63) is 100.0 Å². The lowest BCUT2D eigenvalue weighted by Crippen LogP contribution is -2.54. The Balaban J connectivity index is 1.72. The highest BCUT2D eigenvalue weighted by Crippen LogP contribution is 2.36. The Morgan fingerprint density at radius 2 is 1.68 bits per heavy atom. The number of halogens is 3. The molecule has 4 rings (SSSR count). The van der Waals surface area contributed by atoms with Crippen molar-refractivity contribution < 1.29 is 28.8 Å². The van der Waals surface area contributed by atoms with E-state index in [2.05, 4.69) is 59.8 Å². The fourth-order valence-electron chi connectivity index (χ4n) is 3.30. The molecule has 0 saturated carbocycles. The van der Waals surface area contributed by atoms with Gasteiger partial charge in [0.05, 0.1) is 20.6 Å². The molecule has 13 heteroatoms. The van der Waals surface area contributed by atoms with Gasteiger partial charge in [0.25, 0.3) is 17.5 Å². The fourth-order valence-corrected chi connectivity index (χ4v) is 5.00. The molecule has 3 aromatic carbocycles. The van der Waals surface area contributed by atoms with Crippen LogP contribution in [0.1, 0.15) is 15.9 Å². The molecule has 10 nitrogen and oxygen atoms in total. The Labute approximate surface area is 239 Å². The molecule has 1 heterocycles.